The highest BCUT2D eigenvalue weighted by molar-refractivity contribution is 8.14. The van der Waals surface area contributed by atoms with Crippen molar-refractivity contribution in [2.45, 2.75) is 217 Å². The van der Waals surface area contributed by atoms with Crippen LogP contribution in [0.3, 0.4) is 0 Å². The molecule has 2 aromatic rings. The van der Waals surface area contributed by atoms with Crippen molar-refractivity contribution >= 4 is 99.6 Å². The number of carboxylic acids is 2. The Morgan fingerprint density at radius 2 is 1.32 bits per heavy atom. The number of benzene rings is 1. The molecule has 2 aliphatic heterocycles. The molecule has 12 amide bonds. The van der Waals surface area contributed by atoms with E-state index < -0.39 is 193 Å². The number of H-pyrrole nitrogens is 1. The van der Waals surface area contributed by atoms with Gasteiger partial charge in [-0.2, -0.15) is 0 Å². The molecule has 3 heterocycles. The zero-order valence-electron chi connectivity index (χ0n) is 58.4. The van der Waals surface area contributed by atoms with Gasteiger partial charge < -0.3 is 90.9 Å². The molecule has 1 saturated heterocycles. The van der Waals surface area contributed by atoms with Crippen molar-refractivity contribution in [3.63, 3.8) is 0 Å². The summed E-state index contributed by atoms with van der Waals surface area (Å²) in [5.41, 5.74) is 18.7. The van der Waals surface area contributed by atoms with E-state index in [0.717, 1.165) is 6.42 Å². The monoisotopic (exact) mass is 1430 g/mol. The average Bonchev–Trinajstić information content (AvgIpc) is 1.81. The fourth-order valence-corrected chi connectivity index (χ4v) is 12.2. The predicted molar refractivity (Wildman–Crippen MR) is 374 cm³/mol. The molecule has 0 radical (unpaired) electrons. The molecule has 101 heavy (non-hydrogen) atoms. The average molecular weight is 1430 g/mol. The van der Waals surface area contributed by atoms with Crippen LogP contribution in [-0.4, -0.2) is 199 Å². The number of thioether (sulfide) groups is 1. The van der Waals surface area contributed by atoms with E-state index in [1.807, 2.05) is 13.8 Å². The van der Waals surface area contributed by atoms with Crippen molar-refractivity contribution in [2.75, 3.05) is 18.8 Å². The number of aromatic nitrogens is 2. The Bertz CT molecular complexity index is 3210. The zero-order valence-corrected chi connectivity index (χ0v) is 59.3. The Kier molecular flexibility index (Phi) is 35.6. The van der Waals surface area contributed by atoms with Gasteiger partial charge in [-0.25, -0.2) is 4.98 Å². The van der Waals surface area contributed by atoms with Crippen LogP contribution in [0, 0.1) is 23.7 Å². The Balaban J connectivity index is 1.79. The lowest BCUT2D eigenvalue weighted by Crippen LogP contribution is -2.62. The van der Waals surface area contributed by atoms with Gasteiger partial charge in [0, 0.05) is 43.5 Å². The normalized spacial score (nSPS) is 23.0. The molecule has 20 N–H and O–H groups in total. The third-order valence-corrected chi connectivity index (χ3v) is 18.5. The molecule has 0 aliphatic carbocycles. The molecule has 0 unspecified atom stereocenters. The highest BCUT2D eigenvalue weighted by Crippen LogP contribution is 2.25. The topological polar surface area (TPSA) is 531 Å². The van der Waals surface area contributed by atoms with Gasteiger partial charge in [-0.15, -0.1) is 18.3 Å². The number of aliphatic imine (C=N–C) groups is 1. The number of hydrogen-bond donors (Lipinski definition) is 17. The lowest BCUT2D eigenvalue weighted by atomic mass is 9.95. The van der Waals surface area contributed by atoms with E-state index in [9.17, 15) is 77.3 Å². The van der Waals surface area contributed by atoms with Crippen LogP contribution in [0.25, 0.3) is 0 Å². The standard InChI is InChI=1S/C67H103N17O16S/c1-9-18-38(8)55(84-59(93)43(23-24-51(86)87)75-60(94)44(27-35(4)5)77-64(98)49-33-101-67(82-49)53(70)36(6)10-2)66(100)76-41-21-15-16-26-72-56(90)47(30-50(69)85)79-63(97)48(31-52(88)89)80-62(96)46(29-40-32-71-34-73-40)78-61(95)45(28-39-19-13-12-14-20-39)81-65(99)54(37(7)11-3)83-58(92)42(22-17-25-68)74-57(41)91/h9,12-14,19-20,32,34-38,41-49,53-55H,1,10-11,15-18,21-31,33,68,70H2,2-8H3,(H2,69,85)(H,71,73)(H,72,90)(H,74,91)(H,75,94)(H,76,100)(H,77,98)(H,78,95)(H,79,97)(H,80,96)(H,81,99)(H,83,92)(H,84,93)(H,86,87)(H,88,89)/t36-,37-,38-,41-,42+,43+,44-,45+,46-,47-,48+,49-,53-,54-,55-/m0/s1. The molecule has 1 aromatic heterocycles. The van der Waals surface area contributed by atoms with Crippen LogP contribution in [0.2, 0.25) is 0 Å². The maximum atomic E-state index is 14.9. The van der Waals surface area contributed by atoms with Gasteiger partial charge in [0.1, 0.15) is 66.5 Å². The van der Waals surface area contributed by atoms with Crippen molar-refractivity contribution in [1.82, 2.24) is 68.5 Å². The summed E-state index contributed by atoms with van der Waals surface area (Å²) in [5.74, 6) is -15.7. The molecule has 33 nitrogen and oxygen atoms in total. The molecule has 0 bridgehead atoms. The number of aliphatic carboxylic acids is 2. The number of imidazole rings is 1. The van der Waals surface area contributed by atoms with Crippen LogP contribution in [0.15, 0.2) is 60.5 Å². The molecule has 0 saturated carbocycles. The van der Waals surface area contributed by atoms with E-state index in [0.29, 0.717) is 16.3 Å². The van der Waals surface area contributed by atoms with E-state index in [1.165, 1.54) is 30.4 Å². The second-order valence-corrected chi connectivity index (χ2v) is 27.1. The van der Waals surface area contributed by atoms with E-state index in [4.69, 9.17) is 17.2 Å². The predicted octanol–water partition coefficient (Wildman–Crippen LogP) is -1.51. The summed E-state index contributed by atoms with van der Waals surface area (Å²) in [6.45, 7) is 16.1. The molecular formula is C67H103N17O16S. The number of nitrogens with zero attached hydrogens (tertiary/aromatic N) is 2. The fraction of sp³-hybridized carbons (Fsp3) is 0.612. The number of carbonyl (C=O) groups is 14. The van der Waals surface area contributed by atoms with Crippen molar-refractivity contribution in [3.05, 3.63) is 66.8 Å². The molecule has 1 fully saturated rings. The van der Waals surface area contributed by atoms with Crippen molar-refractivity contribution in [1.29, 1.82) is 0 Å². The van der Waals surface area contributed by atoms with E-state index in [2.05, 4.69) is 80.0 Å². The molecule has 558 valence electrons. The van der Waals surface area contributed by atoms with Gasteiger partial charge in [0.25, 0.3) is 0 Å². The number of amides is 12. The zero-order chi connectivity index (χ0) is 75.0. The first kappa shape index (κ1) is 84.1. The van der Waals surface area contributed by atoms with Crippen LogP contribution in [0.5, 0.6) is 0 Å². The number of carbonyl (C=O) groups excluding carboxylic acids is 12. The first-order valence-corrected chi connectivity index (χ1v) is 35.2. The first-order chi connectivity index (χ1) is 47.9. The minimum Gasteiger partial charge on any atom is -0.481 e. The van der Waals surface area contributed by atoms with Crippen LogP contribution in [0.1, 0.15) is 143 Å². The number of rotatable bonds is 32. The first-order valence-electron chi connectivity index (χ1n) is 34.2. The lowest BCUT2D eigenvalue weighted by molar-refractivity contribution is -0.142. The number of nitrogens with one attached hydrogen (secondary N) is 12. The second kappa shape index (κ2) is 42.7. The molecule has 4 rings (SSSR count). The van der Waals surface area contributed by atoms with Crippen LogP contribution in [0.4, 0.5) is 0 Å². The number of nitrogens with two attached hydrogens (primary N) is 3. The minimum absolute atomic E-state index is 0.00827. The molecule has 15 atom stereocenters. The Hall–Kier alpha value is -9.31. The summed E-state index contributed by atoms with van der Waals surface area (Å²) >= 11 is 1.34. The summed E-state index contributed by atoms with van der Waals surface area (Å²) in [4.78, 5) is 207. The van der Waals surface area contributed by atoms with Crippen molar-refractivity contribution in [2.24, 2.45) is 45.9 Å². The Morgan fingerprint density at radius 1 is 0.703 bits per heavy atom. The van der Waals surface area contributed by atoms with Gasteiger partial charge in [0.05, 0.1) is 30.3 Å². The number of carboxylic acid groups (broad SMARTS) is 2. The van der Waals surface area contributed by atoms with Gasteiger partial charge >= 0.3 is 11.9 Å². The summed E-state index contributed by atoms with van der Waals surface area (Å²) in [7, 11) is 0. The smallest absolute Gasteiger partial charge is 0.305 e. The third-order valence-electron chi connectivity index (χ3n) is 17.4. The molecular weight excluding hydrogens is 1330 g/mol. The Morgan fingerprint density at radius 3 is 1.91 bits per heavy atom. The third kappa shape index (κ3) is 28.3. The van der Waals surface area contributed by atoms with Gasteiger partial charge in [-0.1, -0.05) is 97.7 Å². The minimum atomic E-state index is -1.95. The van der Waals surface area contributed by atoms with Gasteiger partial charge in [0.15, 0.2) is 0 Å². The molecule has 2 aliphatic rings. The van der Waals surface area contributed by atoms with E-state index >= 15 is 0 Å². The second-order valence-electron chi connectivity index (χ2n) is 26.1. The molecule has 0 spiro atoms. The highest BCUT2D eigenvalue weighted by Gasteiger charge is 2.40. The maximum absolute atomic E-state index is 14.9. The quantitative estimate of drug-likeness (QED) is 0.0370. The lowest BCUT2D eigenvalue weighted by Gasteiger charge is -2.30. The van der Waals surface area contributed by atoms with Crippen LogP contribution in [-0.2, 0) is 80.0 Å². The summed E-state index contributed by atoms with van der Waals surface area (Å²) in [6.07, 6.45) is 1.52. The van der Waals surface area contributed by atoms with Gasteiger partial charge in [-0.3, -0.25) is 72.1 Å². The summed E-state index contributed by atoms with van der Waals surface area (Å²) in [6, 6.07) is -8.55. The molecule has 1 aromatic carbocycles. The fourth-order valence-electron chi connectivity index (χ4n) is 11.0. The maximum Gasteiger partial charge on any atom is 0.305 e. The number of aromatic amines is 1. The SMILES string of the molecule is C=CC[C@H](C)[C@H](NC(=O)[C@@H](CCC(=O)O)NC(=O)[C@H](CC(C)C)NC(=O)[C@@H]1CSC([C@@H](N)[C@@H](C)CC)=N1)C(=O)N[C@H]1CCCCNC(=O)[C@H](CC(N)=O)NC(=O)[C@@H](CC(=O)O)NC(=O)[C@H](Cc2cnc[nH]2)NC(=O)[C@@H](Cc2ccccc2)NC(=O)[C@H]([C@@H](C)CC)NC(=O)[C@@H](CCCN)NC1=O. The number of primary amides is 1. The largest absolute Gasteiger partial charge is 0.481 e. The van der Waals surface area contributed by atoms with E-state index in [1.54, 1.807) is 65.0 Å². The van der Waals surface area contributed by atoms with Crippen molar-refractivity contribution < 1.29 is 77.3 Å². The summed E-state index contributed by atoms with van der Waals surface area (Å²) in [5, 5.41) is 49.0. The summed E-state index contributed by atoms with van der Waals surface area (Å²) < 4.78 is 0. The van der Waals surface area contributed by atoms with Crippen molar-refractivity contribution in [3.8, 4) is 0 Å². The van der Waals surface area contributed by atoms with Gasteiger partial charge in [0.2, 0.25) is 70.9 Å². The van der Waals surface area contributed by atoms with Crippen LogP contribution >= 0.6 is 11.8 Å². The number of hydrogen-bond acceptors (Lipinski definition) is 19. The molecule has 34 heteroatoms. The Labute approximate surface area is 591 Å². The van der Waals surface area contributed by atoms with Crippen LogP contribution < -0.4 is 75.7 Å². The number of allylic oxidation sites excluding steroid dienone is 1. The van der Waals surface area contributed by atoms with E-state index in [-0.39, 0.29) is 94.9 Å². The highest BCUT2D eigenvalue weighted by atomic mass is 32.2. The van der Waals surface area contributed by atoms with Gasteiger partial charge in [-0.05, 0) is 87.1 Å².